The number of rotatable bonds is 4. The van der Waals surface area contributed by atoms with E-state index in [1.807, 2.05) is 13.2 Å². The summed E-state index contributed by atoms with van der Waals surface area (Å²) in [5, 5.41) is 0. The molecule has 0 N–H and O–H groups in total. The number of nitrogens with zero attached hydrogens (tertiary/aromatic N) is 1. The lowest BCUT2D eigenvalue weighted by Gasteiger charge is -2.19. The van der Waals surface area contributed by atoms with Crippen LogP contribution in [0.1, 0.15) is 27.2 Å². The lowest BCUT2D eigenvalue weighted by Crippen LogP contribution is -2.11. The predicted octanol–water partition coefficient (Wildman–Crippen LogP) is 3.01. The minimum absolute atomic E-state index is 0.712. The molecule has 0 heterocycles. The van der Waals surface area contributed by atoms with Crippen LogP contribution in [-0.2, 0) is 0 Å². The highest BCUT2D eigenvalue weighted by atomic mass is 15.1. The van der Waals surface area contributed by atoms with Crippen LogP contribution in [0.4, 0.5) is 0 Å². The highest BCUT2D eigenvalue weighted by molar-refractivity contribution is 5.02. The van der Waals surface area contributed by atoms with E-state index < -0.39 is 0 Å². The SMILES string of the molecule is C=CN(C)/C(=C\C)CC(C)C. The molecule has 0 aromatic carbocycles. The fourth-order valence-corrected chi connectivity index (χ4v) is 1.00. The summed E-state index contributed by atoms with van der Waals surface area (Å²) in [6.07, 6.45) is 5.11. The quantitative estimate of drug-likeness (QED) is 0.600. The molecule has 0 rings (SSSR count). The van der Waals surface area contributed by atoms with Crippen molar-refractivity contribution in [2.75, 3.05) is 7.05 Å². The van der Waals surface area contributed by atoms with Gasteiger partial charge in [0.05, 0.1) is 0 Å². The minimum atomic E-state index is 0.712. The molecule has 0 atom stereocenters. The van der Waals surface area contributed by atoms with Crippen LogP contribution in [0, 0.1) is 5.92 Å². The highest BCUT2D eigenvalue weighted by Gasteiger charge is 2.01. The molecule has 1 heteroatoms. The summed E-state index contributed by atoms with van der Waals surface area (Å²) in [6, 6.07) is 0. The molecule has 0 aliphatic carbocycles. The summed E-state index contributed by atoms with van der Waals surface area (Å²) in [5.74, 6) is 0.712. The van der Waals surface area contributed by atoms with Crippen molar-refractivity contribution >= 4 is 0 Å². The molecule has 0 amide bonds. The second-order valence-electron chi connectivity index (χ2n) is 3.17. The molecule has 1 nitrogen and oxygen atoms in total. The third kappa shape index (κ3) is 3.87. The summed E-state index contributed by atoms with van der Waals surface area (Å²) in [5.41, 5.74) is 1.34. The van der Waals surface area contributed by atoms with Crippen molar-refractivity contribution in [1.82, 2.24) is 4.90 Å². The molecule has 0 radical (unpaired) electrons. The van der Waals surface area contributed by atoms with Gasteiger partial charge in [0, 0.05) is 12.7 Å². The van der Waals surface area contributed by atoms with E-state index in [1.54, 1.807) is 0 Å². The first-order chi connectivity index (χ1) is 5.11. The van der Waals surface area contributed by atoms with E-state index >= 15 is 0 Å². The van der Waals surface area contributed by atoms with Crippen LogP contribution in [0.25, 0.3) is 0 Å². The zero-order valence-corrected chi connectivity index (χ0v) is 8.09. The number of hydrogen-bond donors (Lipinski definition) is 0. The van der Waals surface area contributed by atoms with E-state index in [4.69, 9.17) is 0 Å². The monoisotopic (exact) mass is 153 g/mol. The second kappa shape index (κ2) is 5.00. The zero-order valence-electron chi connectivity index (χ0n) is 8.09. The Hall–Kier alpha value is -0.720. The van der Waals surface area contributed by atoms with E-state index in [0.717, 1.165) is 6.42 Å². The molecule has 0 aliphatic rings. The van der Waals surface area contributed by atoms with E-state index in [1.165, 1.54) is 5.70 Å². The van der Waals surface area contributed by atoms with Gasteiger partial charge in [-0.05, 0) is 25.5 Å². The predicted molar refractivity (Wildman–Crippen MR) is 51.2 cm³/mol. The van der Waals surface area contributed by atoms with Crippen molar-refractivity contribution in [2.45, 2.75) is 27.2 Å². The van der Waals surface area contributed by atoms with Gasteiger partial charge in [-0.15, -0.1) is 0 Å². The summed E-state index contributed by atoms with van der Waals surface area (Å²) in [4.78, 5) is 2.07. The van der Waals surface area contributed by atoms with Gasteiger partial charge < -0.3 is 4.90 Å². The largest absolute Gasteiger partial charge is 0.355 e. The van der Waals surface area contributed by atoms with E-state index in [9.17, 15) is 0 Å². The molecule has 0 aromatic heterocycles. The molecular weight excluding hydrogens is 134 g/mol. The first kappa shape index (κ1) is 10.3. The van der Waals surface area contributed by atoms with Crippen LogP contribution in [-0.4, -0.2) is 11.9 Å². The summed E-state index contributed by atoms with van der Waals surface area (Å²) in [6.45, 7) is 10.2. The number of hydrogen-bond acceptors (Lipinski definition) is 1. The number of allylic oxidation sites excluding steroid dienone is 2. The highest BCUT2D eigenvalue weighted by Crippen LogP contribution is 2.13. The Balaban J connectivity index is 4.07. The molecule has 0 aromatic rings. The smallest absolute Gasteiger partial charge is 0.0130 e. The van der Waals surface area contributed by atoms with E-state index in [2.05, 4.69) is 38.3 Å². The molecule has 0 bridgehead atoms. The Labute approximate surface area is 70.4 Å². The molecular formula is C10H19N. The molecule has 11 heavy (non-hydrogen) atoms. The topological polar surface area (TPSA) is 3.24 Å². The lowest BCUT2D eigenvalue weighted by molar-refractivity contribution is 0.490. The second-order valence-corrected chi connectivity index (χ2v) is 3.17. The molecule has 0 fully saturated rings. The van der Waals surface area contributed by atoms with E-state index in [-0.39, 0.29) is 0 Å². The zero-order chi connectivity index (χ0) is 8.85. The maximum atomic E-state index is 3.72. The Morgan fingerprint density at radius 2 is 2.09 bits per heavy atom. The van der Waals surface area contributed by atoms with Gasteiger partial charge in [-0.2, -0.15) is 0 Å². The van der Waals surface area contributed by atoms with Crippen LogP contribution < -0.4 is 0 Å². The van der Waals surface area contributed by atoms with Crippen LogP contribution in [0.5, 0.6) is 0 Å². The third-order valence-electron chi connectivity index (χ3n) is 1.68. The van der Waals surface area contributed by atoms with Crippen molar-refractivity contribution < 1.29 is 0 Å². The lowest BCUT2D eigenvalue weighted by atomic mass is 10.1. The van der Waals surface area contributed by atoms with Crippen molar-refractivity contribution in [3.05, 3.63) is 24.6 Å². The van der Waals surface area contributed by atoms with Crippen LogP contribution >= 0.6 is 0 Å². The molecule has 0 aliphatic heterocycles. The fourth-order valence-electron chi connectivity index (χ4n) is 1.00. The first-order valence-electron chi connectivity index (χ1n) is 4.12. The summed E-state index contributed by atoms with van der Waals surface area (Å²) < 4.78 is 0. The summed E-state index contributed by atoms with van der Waals surface area (Å²) >= 11 is 0. The Bertz CT molecular complexity index is 145. The van der Waals surface area contributed by atoms with Crippen molar-refractivity contribution in [3.8, 4) is 0 Å². The fraction of sp³-hybridized carbons (Fsp3) is 0.600. The average molecular weight is 153 g/mol. The molecule has 0 spiro atoms. The molecule has 64 valence electrons. The van der Waals surface area contributed by atoms with Gasteiger partial charge in [-0.3, -0.25) is 0 Å². The maximum absolute atomic E-state index is 3.72. The van der Waals surface area contributed by atoms with Gasteiger partial charge >= 0.3 is 0 Å². The van der Waals surface area contributed by atoms with Gasteiger partial charge in [0.2, 0.25) is 0 Å². The van der Waals surface area contributed by atoms with E-state index in [0.29, 0.717) is 5.92 Å². The molecule has 0 saturated carbocycles. The standard InChI is InChI=1S/C10H19N/c1-6-10(8-9(3)4)11(5)7-2/h6-7,9H,2,8H2,1,3-5H3/b10-6-. The van der Waals surface area contributed by atoms with Crippen molar-refractivity contribution in [2.24, 2.45) is 5.92 Å². The summed E-state index contributed by atoms with van der Waals surface area (Å²) in [7, 11) is 2.03. The molecule has 0 saturated heterocycles. The van der Waals surface area contributed by atoms with Crippen LogP contribution in [0.2, 0.25) is 0 Å². The third-order valence-corrected chi connectivity index (χ3v) is 1.68. The van der Waals surface area contributed by atoms with Gasteiger partial charge in [0.25, 0.3) is 0 Å². The Morgan fingerprint density at radius 3 is 2.36 bits per heavy atom. The van der Waals surface area contributed by atoms with Gasteiger partial charge in [0.1, 0.15) is 0 Å². The first-order valence-corrected chi connectivity index (χ1v) is 4.12. The van der Waals surface area contributed by atoms with Crippen LogP contribution in [0.3, 0.4) is 0 Å². The minimum Gasteiger partial charge on any atom is -0.355 e. The maximum Gasteiger partial charge on any atom is 0.0130 e. The Kier molecular flexibility index (Phi) is 4.67. The average Bonchev–Trinajstić information content (AvgIpc) is 1.98. The van der Waals surface area contributed by atoms with Gasteiger partial charge in [-0.25, -0.2) is 0 Å². The molecule has 0 unspecified atom stereocenters. The Morgan fingerprint density at radius 1 is 1.55 bits per heavy atom. The van der Waals surface area contributed by atoms with Gasteiger partial charge in [0.15, 0.2) is 0 Å². The van der Waals surface area contributed by atoms with Crippen molar-refractivity contribution in [3.63, 3.8) is 0 Å². The van der Waals surface area contributed by atoms with Gasteiger partial charge in [-0.1, -0.05) is 26.5 Å². The van der Waals surface area contributed by atoms with Crippen molar-refractivity contribution in [1.29, 1.82) is 0 Å². The van der Waals surface area contributed by atoms with Crippen LogP contribution in [0.15, 0.2) is 24.6 Å². The normalized spacial score (nSPS) is 11.9.